The first kappa shape index (κ1) is 8.88. The van der Waals surface area contributed by atoms with Crippen molar-refractivity contribution in [2.24, 2.45) is 5.84 Å². The molecule has 0 heterocycles. The Morgan fingerprint density at radius 2 is 2.22 bits per heavy atom. The number of ether oxygens (including phenoxy) is 1. The standard InChI is InChI=1S/C6H16N2O/c1-4-8(7)6(2)5-9-3/h6H,4-5,7H2,1-3H3. The Kier molecular flexibility index (Phi) is 4.67. The van der Waals surface area contributed by atoms with Crippen molar-refractivity contribution in [3.63, 3.8) is 0 Å². The summed E-state index contributed by atoms with van der Waals surface area (Å²) in [5.41, 5.74) is 0. The lowest BCUT2D eigenvalue weighted by Gasteiger charge is -2.21. The van der Waals surface area contributed by atoms with E-state index >= 15 is 0 Å². The van der Waals surface area contributed by atoms with Gasteiger partial charge in [-0.2, -0.15) is 0 Å². The fourth-order valence-electron chi connectivity index (χ4n) is 0.649. The van der Waals surface area contributed by atoms with Crippen LogP contribution in [0.25, 0.3) is 0 Å². The van der Waals surface area contributed by atoms with Crippen LogP contribution in [-0.4, -0.2) is 31.3 Å². The molecule has 3 heteroatoms. The molecular formula is C6H16N2O. The zero-order valence-electron chi connectivity index (χ0n) is 6.42. The molecule has 0 aromatic rings. The molecule has 0 rings (SSSR count). The first-order valence-corrected chi connectivity index (χ1v) is 3.22. The molecule has 0 fully saturated rings. The highest BCUT2D eigenvalue weighted by atomic mass is 16.5. The number of hydrogen-bond acceptors (Lipinski definition) is 3. The van der Waals surface area contributed by atoms with Gasteiger partial charge in [-0.25, -0.2) is 5.01 Å². The van der Waals surface area contributed by atoms with Crippen LogP contribution in [0.1, 0.15) is 13.8 Å². The van der Waals surface area contributed by atoms with E-state index in [4.69, 9.17) is 10.6 Å². The molecule has 56 valence electrons. The van der Waals surface area contributed by atoms with E-state index < -0.39 is 0 Å². The predicted molar refractivity (Wildman–Crippen MR) is 37.9 cm³/mol. The number of hydrogen-bond donors (Lipinski definition) is 1. The first-order valence-electron chi connectivity index (χ1n) is 3.22. The van der Waals surface area contributed by atoms with Gasteiger partial charge in [-0.05, 0) is 6.92 Å². The van der Waals surface area contributed by atoms with Gasteiger partial charge in [0.05, 0.1) is 6.61 Å². The van der Waals surface area contributed by atoms with Crippen LogP contribution in [-0.2, 0) is 4.74 Å². The molecule has 9 heavy (non-hydrogen) atoms. The zero-order valence-corrected chi connectivity index (χ0v) is 6.42. The van der Waals surface area contributed by atoms with Crippen molar-refractivity contribution in [1.82, 2.24) is 5.01 Å². The molecule has 1 unspecified atom stereocenters. The molecule has 1 atom stereocenters. The molecule has 3 nitrogen and oxygen atoms in total. The van der Waals surface area contributed by atoms with Crippen molar-refractivity contribution >= 4 is 0 Å². The molecule has 0 aliphatic carbocycles. The third-order valence-corrected chi connectivity index (χ3v) is 1.34. The molecule has 0 aromatic carbocycles. The summed E-state index contributed by atoms with van der Waals surface area (Å²) in [6.07, 6.45) is 0. The van der Waals surface area contributed by atoms with Crippen molar-refractivity contribution in [2.75, 3.05) is 20.3 Å². The van der Waals surface area contributed by atoms with Gasteiger partial charge in [0.1, 0.15) is 0 Å². The Hall–Kier alpha value is -0.120. The van der Waals surface area contributed by atoms with E-state index in [0.717, 1.165) is 6.54 Å². The zero-order chi connectivity index (χ0) is 7.28. The van der Waals surface area contributed by atoms with Crippen molar-refractivity contribution in [2.45, 2.75) is 19.9 Å². The van der Waals surface area contributed by atoms with E-state index in [9.17, 15) is 0 Å². The topological polar surface area (TPSA) is 38.5 Å². The summed E-state index contributed by atoms with van der Waals surface area (Å²) < 4.78 is 4.90. The minimum atomic E-state index is 0.319. The second-order valence-corrected chi connectivity index (χ2v) is 2.13. The summed E-state index contributed by atoms with van der Waals surface area (Å²) in [7, 11) is 1.68. The lowest BCUT2D eigenvalue weighted by Crippen LogP contribution is -2.41. The van der Waals surface area contributed by atoms with Gasteiger partial charge in [-0.3, -0.25) is 5.84 Å². The molecule has 0 saturated heterocycles. The number of rotatable bonds is 4. The predicted octanol–water partition coefficient (Wildman–Crippen LogP) is 0.217. The van der Waals surface area contributed by atoms with Gasteiger partial charge in [0.2, 0.25) is 0 Å². The third kappa shape index (κ3) is 3.46. The SMILES string of the molecule is CCN(N)C(C)COC. The van der Waals surface area contributed by atoms with Crippen LogP contribution in [0.4, 0.5) is 0 Å². The van der Waals surface area contributed by atoms with E-state index in [1.54, 1.807) is 12.1 Å². The van der Waals surface area contributed by atoms with Gasteiger partial charge >= 0.3 is 0 Å². The van der Waals surface area contributed by atoms with Gasteiger partial charge in [0.15, 0.2) is 0 Å². The van der Waals surface area contributed by atoms with E-state index in [1.165, 1.54) is 0 Å². The highest BCUT2D eigenvalue weighted by Crippen LogP contribution is 1.90. The fraction of sp³-hybridized carbons (Fsp3) is 1.00. The van der Waals surface area contributed by atoms with Crippen LogP contribution >= 0.6 is 0 Å². The van der Waals surface area contributed by atoms with Crippen molar-refractivity contribution in [3.05, 3.63) is 0 Å². The van der Waals surface area contributed by atoms with Gasteiger partial charge in [0.25, 0.3) is 0 Å². The molecule has 0 radical (unpaired) electrons. The third-order valence-electron chi connectivity index (χ3n) is 1.34. The molecular weight excluding hydrogens is 116 g/mol. The Bertz CT molecular complexity index is 68.1. The normalized spacial score (nSPS) is 14.3. The maximum Gasteiger partial charge on any atom is 0.0629 e. The van der Waals surface area contributed by atoms with Crippen LogP contribution in [0.15, 0.2) is 0 Å². The maximum atomic E-state index is 5.56. The van der Waals surface area contributed by atoms with Crippen molar-refractivity contribution < 1.29 is 4.74 Å². The Labute approximate surface area is 56.7 Å². The lowest BCUT2D eigenvalue weighted by molar-refractivity contribution is 0.103. The highest BCUT2D eigenvalue weighted by molar-refractivity contribution is 4.56. The number of hydrazine groups is 1. The summed E-state index contributed by atoms with van der Waals surface area (Å²) in [5, 5.41) is 1.75. The van der Waals surface area contributed by atoms with Gasteiger partial charge in [-0.1, -0.05) is 6.92 Å². The summed E-state index contributed by atoms with van der Waals surface area (Å²) in [6, 6.07) is 0.319. The Balaban J connectivity index is 3.32. The van der Waals surface area contributed by atoms with Crippen LogP contribution in [0.5, 0.6) is 0 Å². The Morgan fingerprint density at radius 1 is 1.67 bits per heavy atom. The lowest BCUT2D eigenvalue weighted by atomic mass is 10.3. The molecule has 0 aliphatic rings. The second-order valence-electron chi connectivity index (χ2n) is 2.13. The molecule has 0 saturated carbocycles. The summed E-state index contributed by atoms with van der Waals surface area (Å²) in [4.78, 5) is 0. The average Bonchev–Trinajstić information content (AvgIpc) is 1.87. The summed E-state index contributed by atoms with van der Waals surface area (Å²) in [5.74, 6) is 5.56. The smallest absolute Gasteiger partial charge is 0.0629 e. The van der Waals surface area contributed by atoms with E-state index in [1.807, 2.05) is 13.8 Å². The number of likely N-dealkylation sites (N-methyl/N-ethyl adjacent to an activating group) is 1. The molecule has 0 aliphatic heterocycles. The van der Waals surface area contributed by atoms with E-state index in [0.29, 0.717) is 12.6 Å². The monoisotopic (exact) mass is 132 g/mol. The van der Waals surface area contributed by atoms with E-state index in [-0.39, 0.29) is 0 Å². The van der Waals surface area contributed by atoms with Gasteiger partial charge < -0.3 is 4.74 Å². The molecule has 0 aromatic heterocycles. The summed E-state index contributed by atoms with van der Waals surface area (Å²) in [6.45, 7) is 5.62. The minimum Gasteiger partial charge on any atom is -0.383 e. The number of nitrogens with zero attached hydrogens (tertiary/aromatic N) is 1. The van der Waals surface area contributed by atoms with Crippen LogP contribution in [0.3, 0.4) is 0 Å². The van der Waals surface area contributed by atoms with Gasteiger partial charge in [0, 0.05) is 19.7 Å². The van der Waals surface area contributed by atoms with Crippen molar-refractivity contribution in [1.29, 1.82) is 0 Å². The largest absolute Gasteiger partial charge is 0.383 e. The van der Waals surface area contributed by atoms with Crippen LogP contribution in [0.2, 0.25) is 0 Å². The quantitative estimate of drug-likeness (QED) is 0.439. The Morgan fingerprint density at radius 3 is 2.56 bits per heavy atom. The fourth-order valence-corrected chi connectivity index (χ4v) is 0.649. The number of methoxy groups -OCH3 is 1. The molecule has 0 spiro atoms. The molecule has 0 amide bonds. The average molecular weight is 132 g/mol. The second kappa shape index (κ2) is 4.73. The van der Waals surface area contributed by atoms with Crippen molar-refractivity contribution in [3.8, 4) is 0 Å². The molecule has 2 N–H and O–H groups in total. The van der Waals surface area contributed by atoms with Crippen LogP contribution in [0, 0.1) is 0 Å². The van der Waals surface area contributed by atoms with E-state index in [2.05, 4.69) is 0 Å². The minimum absolute atomic E-state index is 0.319. The number of nitrogens with two attached hydrogens (primary N) is 1. The summed E-state index contributed by atoms with van der Waals surface area (Å²) >= 11 is 0. The first-order chi connectivity index (χ1) is 4.22. The molecule has 0 bridgehead atoms. The highest BCUT2D eigenvalue weighted by Gasteiger charge is 2.04. The maximum absolute atomic E-state index is 5.56. The van der Waals surface area contributed by atoms with Gasteiger partial charge in [-0.15, -0.1) is 0 Å². The van der Waals surface area contributed by atoms with Crippen LogP contribution < -0.4 is 5.84 Å².